The summed E-state index contributed by atoms with van der Waals surface area (Å²) in [6.07, 6.45) is 1.61. The molecule has 2 aromatic rings. The van der Waals surface area contributed by atoms with Gasteiger partial charge in [0.1, 0.15) is 0 Å². The lowest BCUT2D eigenvalue weighted by Crippen LogP contribution is -2.47. The Hall–Kier alpha value is -2.50. The highest BCUT2D eigenvalue weighted by Crippen LogP contribution is 2.41. The van der Waals surface area contributed by atoms with Gasteiger partial charge in [-0.25, -0.2) is 9.59 Å². The minimum atomic E-state index is -1.43. The second-order valence-corrected chi connectivity index (χ2v) is 6.42. The van der Waals surface area contributed by atoms with Gasteiger partial charge in [-0.3, -0.25) is 0 Å². The lowest BCUT2D eigenvalue weighted by molar-refractivity contribution is -0.156. The van der Waals surface area contributed by atoms with E-state index in [0.29, 0.717) is 16.9 Å². The van der Waals surface area contributed by atoms with Crippen molar-refractivity contribution >= 4 is 52.6 Å². The second kappa shape index (κ2) is 10.2. The average Bonchev–Trinajstić information content (AvgIpc) is 2.67. The molecule has 0 atom stereocenters. The lowest BCUT2D eigenvalue weighted by Gasteiger charge is -2.33. The van der Waals surface area contributed by atoms with Crippen LogP contribution >= 0.6 is 23.2 Å². The fourth-order valence-corrected chi connectivity index (χ4v) is 3.32. The van der Waals surface area contributed by atoms with Crippen molar-refractivity contribution in [3.8, 4) is 0 Å². The van der Waals surface area contributed by atoms with E-state index in [1.807, 2.05) is 6.07 Å². The number of carbonyl (C=O) groups is 2. The maximum atomic E-state index is 12.8. The Morgan fingerprint density at radius 3 is 2.04 bits per heavy atom. The maximum Gasteiger partial charge on any atom is 0.340 e. The second-order valence-electron chi connectivity index (χ2n) is 5.61. The van der Waals surface area contributed by atoms with Crippen LogP contribution in [0.1, 0.15) is 19.4 Å². The van der Waals surface area contributed by atoms with E-state index in [2.05, 4.69) is 6.58 Å². The Bertz CT molecular complexity index is 831. The molecule has 7 heteroatoms. The first-order chi connectivity index (χ1) is 13.5. The third kappa shape index (κ3) is 4.66. The Morgan fingerprint density at radius 2 is 1.54 bits per heavy atom. The first-order valence-electron chi connectivity index (χ1n) is 8.74. The van der Waals surface area contributed by atoms with Gasteiger partial charge in [0.25, 0.3) is 0 Å². The number of hydrogen-bond acceptors (Lipinski definition) is 5. The van der Waals surface area contributed by atoms with Crippen LogP contribution in [-0.2, 0) is 19.1 Å². The van der Waals surface area contributed by atoms with Crippen molar-refractivity contribution < 1.29 is 19.1 Å². The molecule has 0 saturated heterocycles. The van der Waals surface area contributed by atoms with Gasteiger partial charge >= 0.3 is 11.9 Å². The molecule has 0 aliphatic carbocycles. The SMILES string of the molecule is C=Cc1ccccc1N(c1c(Cl)cccc1Cl)C(C(=O)OCC)C(=O)OCC. The van der Waals surface area contributed by atoms with Crippen LogP contribution < -0.4 is 4.90 Å². The molecule has 0 aromatic heterocycles. The minimum Gasteiger partial charge on any atom is -0.464 e. The first-order valence-corrected chi connectivity index (χ1v) is 9.49. The quantitative estimate of drug-likeness (QED) is 0.429. The van der Waals surface area contributed by atoms with E-state index in [0.717, 1.165) is 0 Å². The van der Waals surface area contributed by atoms with E-state index < -0.39 is 18.0 Å². The minimum absolute atomic E-state index is 0.0991. The summed E-state index contributed by atoms with van der Waals surface area (Å²) in [7, 11) is 0. The van der Waals surface area contributed by atoms with Crippen molar-refractivity contribution in [3.05, 3.63) is 64.7 Å². The van der Waals surface area contributed by atoms with E-state index in [-0.39, 0.29) is 23.3 Å². The number of ether oxygens (including phenoxy) is 2. The van der Waals surface area contributed by atoms with E-state index in [4.69, 9.17) is 32.7 Å². The Morgan fingerprint density at radius 1 is 1.00 bits per heavy atom. The molecule has 0 N–H and O–H groups in total. The Labute approximate surface area is 174 Å². The lowest BCUT2D eigenvalue weighted by atomic mass is 10.1. The number of carbonyl (C=O) groups excluding carboxylic acids is 2. The van der Waals surface area contributed by atoms with Gasteiger partial charge in [0.05, 0.1) is 28.9 Å². The Balaban J connectivity index is 2.79. The number of halogens is 2. The molecule has 0 unspecified atom stereocenters. The molecule has 0 spiro atoms. The fraction of sp³-hybridized carbons (Fsp3) is 0.238. The number of hydrogen-bond donors (Lipinski definition) is 0. The largest absolute Gasteiger partial charge is 0.464 e. The molecule has 2 aromatic carbocycles. The highest BCUT2D eigenvalue weighted by molar-refractivity contribution is 6.39. The highest BCUT2D eigenvalue weighted by Gasteiger charge is 2.39. The van der Waals surface area contributed by atoms with E-state index >= 15 is 0 Å². The summed E-state index contributed by atoms with van der Waals surface area (Å²) in [4.78, 5) is 27.0. The number of anilines is 2. The van der Waals surface area contributed by atoms with E-state index in [1.54, 1.807) is 56.3 Å². The van der Waals surface area contributed by atoms with Crippen LogP contribution in [0.2, 0.25) is 10.0 Å². The normalized spacial score (nSPS) is 10.5. The molecule has 148 valence electrons. The molecule has 0 aliphatic heterocycles. The van der Waals surface area contributed by atoms with Crippen molar-refractivity contribution in [1.82, 2.24) is 0 Å². The third-order valence-electron chi connectivity index (χ3n) is 3.87. The number of esters is 2. The predicted octanol–water partition coefficient (Wildman–Crippen LogP) is 5.27. The summed E-state index contributed by atoms with van der Waals surface area (Å²) < 4.78 is 10.3. The zero-order valence-electron chi connectivity index (χ0n) is 15.7. The molecule has 0 aliphatic rings. The fourth-order valence-electron chi connectivity index (χ4n) is 2.74. The van der Waals surface area contributed by atoms with Crippen molar-refractivity contribution in [2.75, 3.05) is 18.1 Å². The van der Waals surface area contributed by atoms with Gasteiger partial charge in [-0.15, -0.1) is 0 Å². The number of nitrogens with zero attached hydrogens (tertiary/aromatic N) is 1. The van der Waals surface area contributed by atoms with Crippen LogP contribution in [-0.4, -0.2) is 31.2 Å². The van der Waals surface area contributed by atoms with Gasteiger partial charge < -0.3 is 14.4 Å². The van der Waals surface area contributed by atoms with Crippen molar-refractivity contribution in [2.45, 2.75) is 19.9 Å². The maximum absolute atomic E-state index is 12.8. The molecule has 2 rings (SSSR count). The molecule has 5 nitrogen and oxygen atoms in total. The molecule has 28 heavy (non-hydrogen) atoms. The van der Waals surface area contributed by atoms with Crippen LogP contribution in [0.3, 0.4) is 0 Å². The number of rotatable bonds is 8. The van der Waals surface area contributed by atoms with Crippen molar-refractivity contribution in [1.29, 1.82) is 0 Å². The van der Waals surface area contributed by atoms with Crippen LogP contribution in [0.4, 0.5) is 11.4 Å². The first kappa shape index (κ1) is 21.8. The van der Waals surface area contributed by atoms with Gasteiger partial charge in [0, 0.05) is 5.69 Å². The van der Waals surface area contributed by atoms with Crippen molar-refractivity contribution in [2.24, 2.45) is 0 Å². The topological polar surface area (TPSA) is 55.8 Å². The monoisotopic (exact) mass is 421 g/mol. The summed E-state index contributed by atoms with van der Waals surface area (Å²) in [5.74, 6) is -1.54. The van der Waals surface area contributed by atoms with Gasteiger partial charge in [0.2, 0.25) is 6.04 Å². The summed E-state index contributed by atoms with van der Waals surface area (Å²) >= 11 is 12.8. The van der Waals surface area contributed by atoms with E-state index in [1.165, 1.54) is 4.90 Å². The summed E-state index contributed by atoms with van der Waals surface area (Å²) in [6.45, 7) is 7.32. The van der Waals surface area contributed by atoms with Crippen LogP contribution in [0.25, 0.3) is 6.08 Å². The molecule has 0 radical (unpaired) electrons. The third-order valence-corrected chi connectivity index (χ3v) is 4.48. The number of para-hydroxylation sites is 2. The summed E-state index contributed by atoms with van der Waals surface area (Å²) in [5.41, 5.74) is 1.49. The van der Waals surface area contributed by atoms with Crippen molar-refractivity contribution in [3.63, 3.8) is 0 Å². The number of benzene rings is 2. The molecule has 0 amide bonds. The Kier molecular flexibility index (Phi) is 7.91. The molecule has 0 heterocycles. The van der Waals surface area contributed by atoms with Gasteiger partial charge in [0.15, 0.2) is 0 Å². The van der Waals surface area contributed by atoms with Crippen LogP contribution in [0.15, 0.2) is 49.0 Å². The summed E-state index contributed by atoms with van der Waals surface area (Å²) in [5, 5.41) is 0.537. The predicted molar refractivity (Wildman–Crippen MR) is 112 cm³/mol. The molecular formula is C21H21Cl2NO4. The van der Waals surface area contributed by atoms with Crippen LogP contribution in [0, 0.1) is 0 Å². The molecule has 0 fully saturated rings. The molecule has 0 bridgehead atoms. The summed E-state index contributed by atoms with van der Waals surface area (Å²) in [6, 6.07) is 10.6. The van der Waals surface area contributed by atoms with Gasteiger partial charge in [-0.05, 0) is 37.6 Å². The van der Waals surface area contributed by atoms with Gasteiger partial charge in [-0.1, -0.05) is 60.1 Å². The average molecular weight is 422 g/mol. The zero-order valence-corrected chi connectivity index (χ0v) is 17.2. The smallest absolute Gasteiger partial charge is 0.340 e. The van der Waals surface area contributed by atoms with E-state index in [9.17, 15) is 9.59 Å². The molecule has 0 saturated carbocycles. The zero-order chi connectivity index (χ0) is 20.7. The standard InChI is InChI=1S/C21H21Cl2NO4/c1-4-14-10-7-8-13-17(14)24(18-15(22)11-9-12-16(18)23)19(20(25)27-5-2)21(26)28-6-3/h4,7-13,19H,1,5-6H2,2-3H3. The molecular weight excluding hydrogens is 401 g/mol. The van der Waals surface area contributed by atoms with Gasteiger partial charge in [-0.2, -0.15) is 0 Å². The van der Waals surface area contributed by atoms with Crippen LogP contribution in [0.5, 0.6) is 0 Å². The highest BCUT2D eigenvalue weighted by atomic mass is 35.5.